The molecule has 3 aromatic rings. The van der Waals surface area contributed by atoms with Crippen LogP contribution in [0.5, 0.6) is 0 Å². The predicted molar refractivity (Wildman–Crippen MR) is 83.3 cm³/mol. The molecule has 0 saturated heterocycles. The minimum Gasteiger partial charge on any atom is -0.334 e. The summed E-state index contributed by atoms with van der Waals surface area (Å²) >= 11 is 1.62. The van der Waals surface area contributed by atoms with Crippen LogP contribution in [0.25, 0.3) is 22.2 Å². The van der Waals surface area contributed by atoms with Gasteiger partial charge in [-0.15, -0.1) is 11.3 Å². The lowest BCUT2D eigenvalue weighted by molar-refractivity contribution is 0.432. The van der Waals surface area contributed by atoms with Crippen molar-refractivity contribution in [3.63, 3.8) is 0 Å². The van der Waals surface area contributed by atoms with E-state index in [-0.39, 0.29) is 0 Å². The van der Waals surface area contributed by atoms with Crippen molar-refractivity contribution in [2.75, 3.05) is 13.1 Å². The third kappa shape index (κ3) is 2.50. The maximum atomic E-state index is 5.43. The first kappa shape index (κ1) is 12.7. The van der Waals surface area contributed by atoms with Gasteiger partial charge < -0.3 is 9.84 Å². The maximum absolute atomic E-state index is 5.43. The Labute approximate surface area is 126 Å². The van der Waals surface area contributed by atoms with E-state index in [4.69, 9.17) is 4.52 Å². The van der Waals surface area contributed by atoms with Gasteiger partial charge in [0, 0.05) is 5.56 Å². The number of benzene rings is 1. The summed E-state index contributed by atoms with van der Waals surface area (Å²) in [5, 5.41) is 9.52. The van der Waals surface area contributed by atoms with Crippen molar-refractivity contribution >= 4 is 11.3 Å². The van der Waals surface area contributed by atoms with E-state index < -0.39 is 0 Å². The summed E-state index contributed by atoms with van der Waals surface area (Å²) < 4.78 is 5.43. The molecule has 1 aliphatic heterocycles. The van der Waals surface area contributed by atoms with Crippen molar-refractivity contribution in [3.05, 3.63) is 46.8 Å². The van der Waals surface area contributed by atoms with Gasteiger partial charge in [0.25, 0.3) is 5.89 Å². The molecule has 0 spiro atoms. The first-order chi connectivity index (χ1) is 10.4. The van der Waals surface area contributed by atoms with E-state index in [2.05, 4.69) is 33.7 Å². The van der Waals surface area contributed by atoms with E-state index in [9.17, 15) is 0 Å². The van der Waals surface area contributed by atoms with Crippen molar-refractivity contribution in [1.82, 2.24) is 15.5 Å². The minimum atomic E-state index is 0.596. The number of nitrogens with one attached hydrogen (secondary N) is 1. The van der Waals surface area contributed by atoms with E-state index in [1.54, 1.807) is 11.3 Å². The molecular weight excluding hydrogens is 282 g/mol. The van der Waals surface area contributed by atoms with Crippen molar-refractivity contribution in [3.8, 4) is 22.2 Å². The Morgan fingerprint density at radius 1 is 1.10 bits per heavy atom. The van der Waals surface area contributed by atoms with Gasteiger partial charge in [-0.05, 0) is 60.6 Å². The summed E-state index contributed by atoms with van der Waals surface area (Å²) in [4.78, 5) is 5.54. The highest BCUT2D eigenvalue weighted by molar-refractivity contribution is 7.13. The highest BCUT2D eigenvalue weighted by atomic mass is 32.1. The Morgan fingerprint density at radius 2 is 2.00 bits per heavy atom. The van der Waals surface area contributed by atoms with Crippen LogP contribution in [0.4, 0.5) is 0 Å². The maximum Gasteiger partial charge on any atom is 0.258 e. The van der Waals surface area contributed by atoms with E-state index in [0.717, 1.165) is 36.4 Å². The molecule has 0 aliphatic carbocycles. The Kier molecular flexibility index (Phi) is 3.29. The second-order valence-corrected chi connectivity index (χ2v) is 6.08. The third-order valence-corrected chi connectivity index (χ3v) is 4.63. The predicted octanol–water partition coefficient (Wildman–Crippen LogP) is 3.15. The van der Waals surface area contributed by atoms with Crippen molar-refractivity contribution in [2.24, 2.45) is 0 Å². The number of aromatic nitrogens is 2. The first-order valence-corrected chi connectivity index (χ1v) is 7.98. The Balaban J connectivity index is 1.69. The number of fused-ring (bicyclic) bond motifs is 1. The molecular formula is C16H15N3OS. The molecule has 0 amide bonds. The average molecular weight is 297 g/mol. The smallest absolute Gasteiger partial charge is 0.258 e. The first-order valence-electron chi connectivity index (χ1n) is 7.10. The molecule has 0 radical (unpaired) electrons. The van der Waals surface area contributed by atoms with Crippen molar-refractivity contribution < 1.29 is 4.52 Å². The lowest BCUT2D eigenvalue weighted by Crippen LogP contribution is -2.16. The quantitative estimate of drug-likeness (QED) is 0.789. The van der Waals surface area contributed by atoms with Crippen LogP contribution < -0.4 is 5.32 Å². The Morgan fingerprint density at radius 3 is 2.86 bits per heavy atom. The molecule has 3 heterocycles. The van der Waals surface area contributed by atoms with Crippen LogP contribution in [0.15, 0.2) is 40.2 Å². The SMILES string of the molecule is c1csc(-c2noc(-c3ccc4c(c3)CCNCC4)n2)c1. The molecule has 106 valence electrons. The molecule has 4 rings (SSSR count). The zero-order valence-electron chi connectivity index (χ0n) is 11.5. The Bertz CT molecular complexity index is 749. The van der Waals surface area contributed by atoms with Crippen LogP contribution in [-0.4, -0.2) is 23.2 Å². The van der Waals surface area contributed by atoms with Gasteiger partial charge >= 0.3 is 0 Å². The number of rotatable bonds is 2. The van der Waals surface area contributed by atoms with E-state index in [0.29, 0.717) is 11.7 Å². The molecule has 21 heavy (non-hydrogen) atoms. The lowest BCUT2D eigenvalue weighted by atomic mass is 10.00. The summed E-state index contributed by atoms with van der Waals surface area (Å²) in [5.74, 6) is 1.26. The number of hydrogen-bond donors (Lipinski definition) is 1. The van der Waals surface area contributed by atoms with E-state index in [1.807, 2.05) is 17.5 Å². The summed E-state index contributed by atoms with van der Waals surface area (Å²) in [6, 6.07) is 10.4. The van der Waals surface area contributed by atoms with Gasteiger partial charge in [0.15, 0.2) is 0 Å². The number of thiophene rings is 1. The van der Waals surface area contributed by atoms with Gasteiger partial charge in [-0.3, -0.25) is 0 Å². The normalized spacial score (nSPS) is 14.7. The summed E-state index contributed by atoms with van der Waals surface area (Å²) in [6.07, 6.45) is 2.13. The minimum absolute atomic E-state index is 0.596. The molecule has 1 N–H and O–H groups in total. The van der Waals surface area contributed by atoms with Crippen LogP contribution in [0, 0.1) is 0 Å². The molecule has 5 heteroatoms. The van der Waals surface area contributed by atoms with Gasteiger partial charge in [-0.2, -0.15) is 4.98 Å². The third-order valence-electron chi connectivity index (χ3n) is 3.76. The number of nitrogens with zero attached hydrogens (tertiary/aromatic N) is 2. The van der Waals surface area contributed by atoms with E-state index in [1.165, 1.54) is 11.1 Å². The summed E-state index contributed by atoms with van der Waals surface area (Å²) in [6.45, 7) is 2.08. The summed E-state index contributed by atoms with van der Waals surface area (Å²) in [7, 11) is 0. The molecule has 1 aliphatic rings. The van der Waals surface area contributed by atoms with Crippen LogP contribution in [-0.2, 0) is 12.8 Å². The van der Waals surface area contributed by atoms with Crippen LogP contribution in [0.1, 0.15) is 11.1 Å². The lowest BCUT2D eigenvalue weighted by Gasteiger charge is -2.05. The zero-order chi connectivity index (χ0) is 14.1. The Hall–Kier alpha value is -1.98. The van der Waals surface area contributed by atoms with Crippen LogP contribution >= 0.6 is 11.3 Å². The molecule has 0 fully saturated rings. The molecule has 0 bridgehead atoms. The standard InChI is InChI=1S/C16H15N3OS/c1-2-14(21-9-1)15-18-16(20-19-15)13-4-3-11-5-7-17-8-6-12(11)10-13/h1-4,9-10,17H,5-8H2. The van der Waals surface area contributed by atoms with Gasteiger partial charge in [0.2, 0.25) is 5.82 Å². The van der Waals surface area contributed by atoms with Gasteiger partial charge in [0.1, 0.15) is 0 Å². The summed E-state index contributed by atoms with van der Waals surface area (Å²) in [5.41, 5.74) is 3.81. The molecule has 0 atom stereocenters. The fourth-order valence-corrected chi connectivity index (χ4v) is 3.30. The zero-order valence-corrected chi connectivity index (χ0v) is 12.3. The van der Waals surface area contributed by atoms with Crippen LogP contribution in [0.2, 0.25) is 0 Å². The van der Waals surface area contributed by atoms with Crippen LogP contribution in [0.3, 0.4) is 0 Å². The fraction of sp³-hybridized carbons (Fsp3) is 0.250. The molecule has 0 saturated carbocycles. The highest BCUT2D eigenvalue weighted by Crippen LogP contribution is 2.27. The molecule has 0 unspecified atom stereocenters. The number of hydrogen-bond acceptors (Lipinski definition) is 5. The van der Waals surface area contributed by atoms with Gasteiger partial charge in [-0.25, -0.2) is 0 Å². The second kappa shape index (κ2) is 5.42. The van der Waals surface area contributed by atoms with E-state index >= 15 is 0 Å². The van der Waals surface area contributed by atoms with Crippen molar-refractivity contribution in [1.29, 1.82) is 0 Å². The second-order valence-electron chi connectivity index (χ2n) is 5.13. The molecule has 4 nitrogen and oxygen atoms in total. The molecule has 1 aromatic carbocycles. The van der Waals surface area contributed by atoms with Gasteiger partial charge in [-0.1, -0.05) is 17.3 Å². The largest absolute Gasteiger partial charge is 0.334 e. The molecule has 2 aromatic heterocycles. The highest BCUT2D eigenvalue weighted by Gasteiger charge is 2.14. The topological polar surface area (TPSA) is 51.0 Å². The van der Waals surface area contributed by atoms with Gasteiger partial charge in [0.05, 0.1) is 4.88 Å². The monoisotopic (exact) mass is 297 g/mol. The van der Waals surface area contributed by atoms with Crippen molar-refractivity contribution in [2.45, 2.75) is 12.8 Å². The average Bonchev–Trinajstić information content (AvgIpc) is 3.14. The fourth-order valence-electron chi connectivity index (χ4n) is 2.65.